The van der Waals surface area contributed by atoms with Crippen LogP contribution < -0.4 is 5.73 Å². The third-order valence-electron chi connectivity index (χ3n) is 2.84. The minimum Gasteiger partial charge on any atom is -0.399 e. The summed E-state index contributed by atoms with van der Waals surface area (Å²) in [5, 5.41) is 18.9. The molecule has 19 heavy (non-hydrogen) atoms. The lowest BCUT2D eigenvalue weighted by Gasteiger charge is -2.18. The number of β-amino-alcohol motifs (C(OH)–C–C–N with tert-alkyl or cyclic N) is 2. The summed E-state index contributed by atoms with van der Waals surface area (Å²) in [7, 11) is -3.82. The first kappa shape index (κ1) is 15.2. The first-order valence-corrected chi connectivity index (χ1v) is 8.37. The van der Waals surface area contributed by atoms with Crippen molar-refractivity contribution in [3.05, 3.63) is 21.1 Å². The van der Waals surface area contributed by atoms with Crippen molar-refractivity contribution in [1.82, 2.24) is 4.31 Å². The van der Waals surface area contributed by atoms with E-state index in [4.69, 9.17) is 5.73 Å². The van der Waals surface area contributed by atoms with Crippen LogP contribution in [0.4, 0.5) is 5.69 Å². The van der Waals surface area contributed by atoms with Crippen LogP contribution in [0.3, 0.4) is 0 Å². The van der Waals surface area contributed by atoms with E-state index < -0.39 is 22.2 Å². The number of benzene rings is 1. The van der Waals surface area contributed by atoms with Crippen LogP contribution in [0, 0.1) is 0 Å². The molecule has 0 saturated carbocycles. The number of sulfonamides is 1. The number of rotatable bonds is 2. The first-order valence-electron chi connectivity index (χ1n) is 5.34. The number of aliphatic hydroxyl groups excluding tert-OH is 2. The summed E-state index contributed by atoms with van der Waals surface area (Å²) in [5.74, 6) is 0. The first-order chi connectivity index (χ1) is 8.73. The second-order valence-corrected chi connectivity index (χ2v) is 7.85. The van der Waals surface area contributed by atoms with Crippen LogP contribution in [-0.4, -0.2) is 48.2 Å². The summed E-state index contributed by atoms with van der Waals surface area (Å²) in [6, 6.07) is 2.97. The van der Waals surface area contributed by atoms with Gasteiger partial charge in [0.1, 0.15) is 4.90 Å². The van der Waals surface area contributed by atoms with E-state index >= 15 is 0 Å². The summed E-state index contributed by atoms with van der Waals surface area (Å²) in [6.07, 6.45) is -2.14. The maximum atomic E-state index is 12.5. The zero-order chi connectivity index (χ0) is 14.4. The molecule has 0 aromatic heterocycles. The van der Waals surface area contributed by atoms with Gasteiger partial charge in [0.25, 0.3) is 0 Å². The predicted molar refractivity (Wildman–Crippen MR) is 77.0 cm³/mol. The average molecular weight is 416 g/mol. The number of halogens is 2. The number of hydrogen-bond acceptors (Lipinski definition) is 5. The summed E-state index contributed by atoms with van der Waals surface area (Å²) >= 11 is 6.34. The summed E-state index contributed by atoms with van der Waals surface area (Å²) in [6.45, 7) is -0.264. The maximum absolute atomic E-state index is 12.5. The Kier molecular flexibility index (Phi) is 4.24. The Morgan fingerprint density at radius 1 is 1.16 bits per heavy atom. The molecular weight excluding hydrogens is 404 g/mol. The normalized spacial score (nSPS) is 24.8. The molecule has 2 rings (SSSR count). The lowest BCUT2D eigenvalue weighted by Crippen LogP contribution is -2.30. The molecule has 1 saturated heterocycles. The molecule has 1 aliphatic heterocycles. The van der Waals surface area contributed by atoms with Crippen molar-refractivity contribution in [2.24, 2.45) is 0 Å². The summed E-state index contributed by atoms with van der Waals surface area (Å²) < 4.78 is 26.7. The van der Waals surface area contributed by atoms with Crippen LogP contribution in [-0.2, 0) is 10.0 Å². The smallest absolute Gasteiger partial charge is 0.245 e. The molecule has 1 heterocycles. The van der Waals surface area contributed by atoms with Crippen molar-refractivity contribution in [3.8, 4) is 0 Å². The zero-order valence-electron chi connectivity index (χ0n) is 9.62. The van der Waals surface area contributed by atoms with Gasteiger partial charge in [0.2, 0.25) is 10.0 Å². The van der Waals surface area contributed by atoms with E-state index in [0.717, 1.165) is 4.31 Å². The molecule has 2 unspecified atom stereocenters. The molecule has 0 spiro atoms. The highest BCUT2D eigenvalue weighted by Crippen LogP contribution is 2.35. The molecule has 4 N–H and O–H groups in total. The molecule has 106 valence electrons. The third kappa shape index (κ3) is 2.81. The van der Waals surface area contributed by atoms with Gasteiger partial charge in [0, 0.05) is 27.7 Å². The molecule has 2 atom stereocenters. The molecule has 0 aliphatic carbocycles. The van der Waals surface area contributed by atoms with E-state index in [2.05, 4.69) is 31.9 Å². The van der Waals surface area contributed by atoms with E-state index in [9.17, 15) is 18.6 Å². The monoisotopic (exact) mass is 414 g/mol. The van der Waals surface area contributed by atoms with Gasteiger partial charge in [-0.1, -0.05) is 0 Å². The SMILES string of the molecule is Nc1cc(Br)c(S(=O)(=O)N2CC(O)C(O)C2)c(Br)c1. The van der Waals surface area contributed by atoms with Crippen LogP contribution in [0.15, 0.2) is 26.0 Å². The minimum absolute atomic E-state index is 0.0306. The second kappa shape index (κ2) is 5.30. The predicted octanol–water partition coefficient (Wildman–Crippen LogP) is 0.520. The molecule has 9 heteroatoms. The number of hydrogen-bond donors (Lipinski definition) is 3. The fraction of sp³-hybridized carbons (Fsp3) is 0.400. The van der Waals surface area contributed by atoms with Crippen molar-refractivity contribution >= 4 is 47.6 Å². The summed E-state index contributed by atoms with van der Waals surface area (Å²) in [5.41, 5.74) is 6.04. The third-order valence-corrected chi connectivity index (χ3v) is 6.55. The average Bonchev–Trinajstić information content (AvgIpc) is 2.57. The molecule has 0 amide bonds. The Balaban J connectivity index is 2.47. The van der Waals surface area contributed by atoms with Gasteiger partial charge in [0.15, 0.2) is 0 Å². The molecule has 1 aliphatic rings. The number of anilines is 1. The van der Waals surface area contributed by atoms with Gasteiger partial charge >= 0.3 is 0 Å². The fourth-order valence-corrected chi connectivity index (χ4v) is 5.90. The number of nitrogens with two attached hydrogens (primary N) is 1. The van der Waals surface area contributed by atoms with Crippen molar-refractivity contribution < 1.29 is 18.6 Å². The van der Waals surface area contributed by atoms with E-state index in [0.29, 0.717) is 14.6 Å². The Morgan fingerprint density at radius 3 is 2.00 bits per heavy atom. The fourth-order valence-electron chi connectivity index (χ4n) is 1.89. The van der Waals surface area contributed by atoms with Gasteiger partial charge < -0.3 is 15.9 Å². The zero-order valence-corrected chi connectivity index (χ0v) is 13.6. The largest absolute Gasteiger partial charge is 0.399 e. The number of aliphatic hydroxyl groups is 2. The van der Waals surface area contributed by atoms with E-state index in [1.807, 2.05) is 0 Å². The lowest BCUT2D eigenvalue weighted by molar-refractivity contribution is 0.0572. The van der Waals surface area contributed by atoms with Crippen LogP contribution in [0.5, 0.6) is 0 Å². The molecule has 0 bridgehead atoms. The molecule has 6 nitrogen and oxygen atoms in total. The Bertz CT molecular complexity index is 575. The van der Waals surface area contributed by atoms with Crippen LogP contribution >= 0.6 is 31.9 Å². The van der Waals surface area contributed by atoms with Gasteiger partial charge in [-0.15, -0.1) is 0 Å². The highest BCUT2D eigenvalue weighted by Gasteiger charge is 2.39. The van der Waals surface area contributed by atoms with Gasteiger partial charge in [-0.3, -0.25) is 0 Å². The van der Waals surface area contributed by atoms with Gasteiger partial charge in [-0.2, -0.15) is 4.31 Å². The van der Waals surface area contributed by atoms with Crippen LogP contribution in [0.2, 0.25) is 0 Å². The van der Waals surface area contributed by atoms with Gasteiger partial charge in [-0.25, -0.2) is 8.42 Å². The topological polar surface area (TPSA) is 104 Å². The van der Waals surface area contributed by atoms with E-state index in [-0.39, 0.29) is 18.0 Å². The van der Waals surface area contributed by atoms with Crippen LogP contribution in [0.1, 0.15) is 0 Å². The standard InChI is InChI=1S/C10H12Br2N2O4S/c11-6-1-5(13)2-7(12)10(6)19(17,18)14-3-8(15)9(16)4-14/h1-2,8-9,15-16H,3-4,13H2. The Labute approximate surface area is 127 Å². The molecule has 1 aromatic carbocycles. The van der Waals surface area contributed by atoms with Gasteiger partial charge in [0.05, 0.1) is 12.2 Å². The number of nitrogens with zero attached hydrogens (tertiary/aromatic N) is 1. The maximum Gasteiger partial charge on any atom is 0.245 e. The van der Waals surface area contributed by atoms with E-state index in [1.54, 1.807) is 0 Å². The molecule has 1 fully saturated rings. The Hall–Kier alpha value is -0.190. The quantitative estimate of drug-likeness (QED) is 0.611. The van der Waals surface area contributed by atoms with Crippen molar-refractivity contribution in [1.29, 1.82) is 0 Å². The highest BCUT2D eigenvalue weighted by molar-refractivity contribution is 9.11. The van der Waals surface area contributed by atoms with Gasteiger partial charge in [-0.05, 0) is 44.0 Å². The lowest BCUT2D eigenvalue weighted by atomic mass is 10.3. The van der Waals surface area contributed by atoms with Crippen molar-refractivity contribution in [2.75, 3.05) is 18.8 Å². The molecule has 1 aromatic rings. The van der Waals surface area contributed by atoms with E-state index in [1.165, 1.54) is 12.1 Å². The molecule has 0 radical (unpaired) electrons. The second-order valence-electron chi connectivity index (χ2n) is 4.27. The Morgan fingerprint density at radius 2 is 1.58 bits per heavy atom. The van der Waals surface area contributed by atoms with Crippen molar-refractivity contribution in [2.45, 2.75) is 17.1 Å². The van der Waals surface area contributed by atoms with Crippen molar-refractivity contribution in [3.63, 3.8) is 0 Å². The van der Waals surface area contributed by atoms with Crippen LogP contribution in [0.25, 0.3) is 0 Å². The summed E-state index contributed by atoms with van der Waals surface area (Å²) in [4.78, 5) is 0.0306. The highest BCUT2D eigenvalue weighted by atomic mass is 79.9. The molecular formula is C10H12Br2N2O4S. The number of nitrogen functional groups attached to an aromatic ring is 1. The minimum atomic E-state index is -3.82.